The van der Waals surface area contributed by atoms with Crippen molar-refractivity contribution in [2.75, 3.05) is 6.61 Å². The monoisotopic (exact) mass is 133 g/mol. The van der Waals surface area contributed by atoms with Gasteiger partial charge in [0, 0.05) is 0 Å². The molecule has 0 saturated heterocycles. The molecule has 0 aliphatic carbocycles. The van der Waals surface area contributed by atoms with Gasteiger partial charge < -0.3 is 10.5 Å². The highest BCUT2D eigenvalue weighted by Gasteiger charge is 1.91. The van der Waals surface area contributed by atoms with Crippen molar-refractivity contribution in [2.24, 2.45) is 5.73 Å². The van der Waals surface area contributed by atoms with Gasteiger partial charge in [0.15, 0.2) is 0 Å². The van der Waals surface area contributed by atoms with Gasteiger partial charge in [0.1, 0.15) is 0 Å². The molecule has 0 heterocycles. The molecule has 2 N–H and O–H groups in total. The standard InChI is InChI=1S/C5H11NOS/c1-4(2)7-3-5(6)8/h4H,3H2,1-2H3,(H2,6,8). The third-order valence-corrected chi connectivity index (χ3v) is 0.677. The van der Waals surface area contributed by atoms with Crippen LogP contribution in [0.2, 0.25) is 0 Å². The number of nitrogens with two attached hydrogens (primary N) is 1. The Morgan fingerprint density at radius 3 is 2.38 bits per heavy atom. The van der Waals surface area contributed by atoms with Crippen molar-refractivity contribution in [1.29, 1.82) is 0 Å². The van der Waals surface area contributed by atoms with E-state index in [1.54, 1.807) is 0 Å². The molecule has 0 rings (SSSR count). The second-order valence-corrected chi connectivity index (χ2v) is 2.35. The van der Waals surface area contributed by atoms with Crippen LogP contribution in [0.25, 0.3) is 0 Å². The van der Waals surface area contributed by atoms with Crippen LogP contribution in [0, 0.1) is 0 Å². The zero-order chi connectivity index (χ0) is 6.57. The molecule has 0 aliphatic rings. The zero-order valence-electron chi connectivity index (χ0n) is 5.18. The Hall–Kier alpha value is -0.150. The summed E-state index contributed by atoms with van der Waals surface area (Å²) in [4.78, 5) is 0.415. The highest BCUT2D eigenvalue weighted by molar-refractivity contribution is 7.80. The zero-order valence-corrected chi connectivity index (χ0v) is 5.99. The van der Waals surface area contributed by atoms with Crippen LogP contribution >= 0.6 is 12.2 Å². The second-order valence-electron chi connectivity index (χ2n) is 1.83. The quantitative estimate of drug-likeness (QED) is 0.575. The molecule has 0 aliphatic heterocycles. The Morgan fingerprint density at radius 1 is 1.75 bits per heavy atom. The van der Waals surface area contributed by atoms with Gasteiger partial charge in [-0.2, -0.15) is 0 Å². The fraction of sp³-hybridized carbons (Fsp3) is 0.800. The van der Waals surface area contributed by atoms with E-state index < -0.39 is 0 Å². The summed E-state index contributed by atoms with van der Waals surface area (Å²) in [6.45, 7) is 4.28. The highest BCUT2D eigenvalue weighted by atomic mass is 32.1. The first kappa shape index (κ1) is 7.85. The minimum absolute atomic E-state index is 0.219. The molecule has 0 aromatic rings. The van der Waals surface area contributed by atoms with Gasteiger partial charge in [-0.15, -0.1) is 0 Å². The minimum Gasteiger partial charge on any atom is -0.391 e. The molecular formula is C5H11NOS. The lowest BCUT2D eigenvalue weighted by Crippen LogP contribution is -2.18. The summed E-state index contributed by atoms with van der Waals surface area (Å²) in [5.41, 5.74) is 5.15. The molecule has 0 saturated carbocycles. The maximum absolute atomic E-state index is 5.15. The first-order valence-electron chi connectivity index (χ1n) is 2.53. The Labute approximate surface area is 55.0 Å². The van der Waals surface area contributed by atoms with Crippen LogP contribution < -0.4 is 5.73 Å². The molecule has 0 aromatic heterocycles. The van der Waals surface area contributed by atoms with Crippen molar-refractivity contribution in [3.05, 3.63) is 0 Å². The molecule has 0 bridgehead atoms. The van der Waals surface area contributed by atoms with Crippen molar-refractivity contribution in [2.45, 2.75) is 20.0 Å². The summed E-state index contributed by atoms with van der Waals surface area (Å²) in [5.74, 6) is 0. The van der Waals surface area contributed by atoms with Crippen LogP contribution in [0.5, 0.6) is 0 Å². The number of ether oxygens (including phenoxy) is 1. The SMILES string of the molecule is CC(C)OCC(N)=S. The van der Waals surface area contributed by atoms with Crippen molar-refractivity contribution >= 4 is 17.2 Å². The van der Waals surface area contributed by atoms with Gasteiger partial charge in [-0.3, -0.25) is 0 Å². The van der Waals surface area contributed by atoms with E-state index in [4.69, 9.17) is 10.5 Å². The molecule has 8 heavy (non-hydrogen) atoms. The minimum atomic E-state index is 0.219. The summed E-state index contributed by atoms with van der Waals surface area (Å²) in [7, 11) is 0. The third kappa shape index (κ3) is 5.85. The fourth-order valence-corrected chi connectivity index (χ4v) is 0.317. The molecule has 48 valence electrons. The Kier molecular flexibility index (Phi) is 3.73. The van der Waals surface area contributed by atoms with Crippen molar-refractivity contribution in [3.63, 3.8) is 0 Å². The molecule has 0 amide bonds. The van der Waals surface area contributed by atoms with Crippen LogP contribution in [-0.4, -0.2) is 17.7 Å². The Bertz CT molecular complexity index is 82.5. The molecule has 2 nitrogen and oxygen atoms in total. The van der Waals surface area contributed by atoms with Crippen LogP contribution in [-0.2, 0) is 4.74 Å². The lowest BCUT2D eigenvalue weighted by Gasteiger charge is -2.03. The van der Waals surface area contributed by atoms with E-state index in [1.807, 2.05) is 13.8 Å². The van der Waals surface area contributed by atoms with Gasteiger partial charge in [-0.05, 0) is 13.8 Å². The molecule has 0 aromatic carbocycles. The number of hydrogen-bond acceptors (Lipinski definition) is 2. The predicted octanol–water partition coefficient (Wildman–Crippen LogP) is 0.698. The first-order valence-corrected chi connectivity index (χ1v) is 2.93. The number of thiocarbonyl (C=S) groups is 1. The molecule has 0 fully saturated rings. The molecular weight excluding hydrogens is 122 g/mol. The maximum Gasteiger partial charge on any atom is 0.0989 e. The highest BCUT2D eigenvalue weighted by Crippen LogP contribution is 1.85. The van der Waals surface area contributed by atoms with E-state index in [0.29, 0.717) is 11.6 Å². The molecule has 0 atom stereocenters. The first-order chi connectivity index (χ1) is 3.63. The van der Waals surface area contributed by atoms with Crippen molar-refractivity contribution < 1.29 is 4.74 Å². The van der Waals surface area contributed by atoms with Crippen LogP contribution in [0.4, 0.5) is 0 Å². The summed E-state index contributed by atoms with van der Waals surface area (Å²) in [6.07, 6.45) is 0.219. The van der Waals surface area contributed by atoms with Crippen molar-refractivity contribution in [1.82, 2.24) is 0 Å². The topological polar surface area (TPSA) is 35.2 Å². The van der Waals surface area contributed by atoms with Crippen LogP contribution in [0.1, 0.15) is 13.8 Å². The third-order valence-electron chi connectivity index (χ3n) is 0.559. The smallest absolute Gasteiger partial charge is 0.0989 e. The molecule has 3 heteroatoms. The van der Waals surface area contributed by atoms with E-state index in [1.165, 1.54) is 0 Å². The number of rotatable bonds is 3. The second kappa shape index (κ2) is 3.80. The lowest BCUT2D eigenvalue weighted by atomic mass is 10.5. The molecule has 0 radical (unpaired) electrons. The van der Waals surface area contributed by atoms with Crippen LogP contribution in [0.15, 0.2) is 0 Å². The van der Waals surface area contributed by atoms with E-state index in [9.17, 15) is 0 Å². The Morgan fingerprint density at radius 2 is 2.25 bits per heavy atom. The van der Waals surface area contributed by atoms with Gasteiger partial charge >= 0.3 is 0 Å². The average molecular weight is 133 g/mol. The lowest BCUT2D eigenvalue weighted by molar-refractivity contribution is 0.111. The van der Waals surface area contributed by atoms with Gasteiger partial charge in [-0.25, -0.2) is 0 Å². The summed E-state index contributed by atoms with van der Waals surface area (Å²) in [6, 6.07) is 0. The normalized spacial score (nSPS) is 9.88. The average Bonchev–Trinajstić information content (AvgIpc) is 1.61. The number of hydrogen-bond donors (Lipinski definition) is 1. The molecule has 0 spiro atoms. The largest absolute Gasteiger partial charge is 0.391 e. The van der Waals surface area contributed by atoms with Gasteiger partial charge in [-0.1, -0.05) is 12.2 Å². The van der Waals surface area contributed by atoms with Crippen LogP contribution in [0.3, 0.4) is 0 Å². The van der Waals surface area contributed by atoms with Crippen molar-refractivity contribution in [3.8, 4) is 0 Å². The summed E-state index contributed by atoms with van der Waals surface area (Å²) < 4.78 is 5.04. The van der Waals surface area contributed by atoms with E-state index in [-0.39, 0.29) is 6.10 Å². The fourth-order valence-electron chi connectivity index (χ4n) is 0.249. The van der Waals surface area contributed by atoms with Gasteiger partial charge in [0.05, 0.1) is 17.7 Å². The summed E-state index contributed by atoms with van der Waals surface area (Å²) >= 11 is 4.57. The molecule has 0 unspecified atom stereocenters. The van der Waals surface area contributed by atoms with E-state index >= 15 is 0 Å². The predicted molar refractivity (Wildman–Crippen MR) is 37.9 cm³/mol. The maximum atomic E-state index is 5.15. The van der Waals surface area contributed by atoms with E-state index in [0.717, 1.165) is 0 Å². The Balaban J connectivity index is 3.05. The van der Waals surface area contributed by atoms with Gasteiger partial charge in [0.25, 0.3) is 0 Å². The van der Waals surface area contributed by atoms with E-state index in [2.05, 4.69) is 12.2 Å². The van der Waals surface area contributed by atoms with Gasteiger partial charge in [0.2, 0.25) is 0 Å². The summed E-state index contributed by atoms with van der Waals surface area (Å²) in [5, 5.41) is 0.